The van der Waals surface area contributed by atoms with Gasteiger partial charge in [0.15, 0.2) is 0 Å². The average molecular weight is 279 g/mol. The van der Waals surface area contributed by atoms with Crippen molar-refractivity contribution in [1.29, 1.82) is 0 Å². The molecule has 2 rings (SSSR count). The van der Waals surface area contributed by atoms with Crippen LogP contribution in [0.3, 0.4) is 0 Å². The molecule has 0 spiro atoms. The molecule has 1 amide bonds. The Balaban J connectivity index is 1.78. The van der Waals surface area contributed by atoms with Crippen molar-refractivity contribution in [3.8, 4) is 0 Å². The van der Waals surface area contributed by atoms with E-state index in [0.29, 0.717) is 26.4 Å². The highest BCUT2D eigenvalue weighted by Crippen LogP contribution is 2.19. The number of hydrogen-bond donors (Lipinski definition) is 1. The van der Waals surface area contributed by atoms with Crippen LogP contribution in [0.15, 0.2) is 30.3 Å². The number of carbonyl (C=O) groups excluding carboxylic acids is 1. The second kappa shape index (κ2) is 7.87. The Hall–Kier alpha value is -1.59. The largest absolute Gasteiger partial charge is 0.445 e. The van der Waals surface area contributed by atoms with Gasteiger partial charge in [0.05, 0.1) is 25.9 Å². The SMILES string of the molecule is O=C(OCc1ccccc1)N1CCC[C@@H]1COCCO. The van der Waals surface area contributed by atoms with E-state index in [2.05, 4.69) is 0 Å². The summed E-state index contributed by atoms with van der Waals surface area (Å²) in [5.41, 5.74) is 0.980. The number of amides is 1. The second-order valence-electron chi connectivity index (χ2n) is 4.83. The van der Waals surface area contributed by atoms with Gasteiger partial charge < -0.3 is 19.5 Å². The number of ether oxygens (including phenoxy) is 2. The first-order valence-electron chi connectivity index (χ1n) is 6.97. The molecule has 1 atom stereocenters. The van der Waals surface area contributed by atoms with E-state index in [1.165, 1.54) is 0 Å². The van der Waals surface area contributed by atoms with Crippen LogP contribution in [0.2, 0.25) is 0 Å². The third kappa shape index (κ3) is 4.21. The van der Waals surface area contributed by atoms with Crippen molar-refractivity contribution in [2.45, 2.75) is 25.5 Å². The van der Waals surface area contributed by atoms with Crippen molar-refractivity contribution >= 4 is 6.09 Å². The average Bonchev–Trinajstić information content (AvgIpc) is 2.95. The number of aliphatic hydroxyl groups is 1. The fraction of sp³-hybridized carbons (Fsp3) is 0.533. The molecule has 0 saturated carbocycles. The summed E-state index contributed by atoms with van der Waals surface area (Å²) in [6.45, 7) is 1.77. The maximum atomic E-state index is 12.1. The summed E-state index contributed by atoms with van der Waals surface area (Å²) in [5.74, 6) is 0. The lowest BCUT2D eigenvalue weighted by molar-refractivity contribution is 0.0421. The topological polar surface area (TPSA) is 59.0 Å². The lowest BCUT2D eigenvalue weighted by Gasteiger charge is -2.23. The molecular formula is C15H21NO4. The summed E-state index contributed by atoms with van der Waals surface area (Å²) in [6, 6.07) is 9.69. The van der Waals surface area contributed by atoms with Crippen LogP contribution in [0.4, 0.5) is 4.79 Å². The number of benzene rings is 1. The highest BCUT2D eigenvalue weighted by Gasteiger charge is 2.29. The molecule has 0 bridgehead atoms. The first-order valence-corrected chi connectivity index (χ1v) is 6.97. The van der Waals surface area contributed by atoms with Crippen molar-refractivity contribution in [3.63, 3.8) is 0 Å². The molecule has 1 aromatic rings. The first kappa shape index (κ1) is 14.8. The van der Waals surface area contributed by atoms with Crippen molar-refractivity contribution in [2.24, 2.45) is 0 Å². The van der Waals surface area contributed by atoms with Crippen LogP contribution in [-0.4, -0.2) is 48.5 Å². The van der Waals surface area contributed by atoms with Crippen LogP contribution in [0.5, 0.6) is 0 Å². The Morgan fingerprint density at radius 2 is 2.15 bits per heavy atom. The van der Waals surface area contributed by atoms with E-state index in [1.807, 2.05) is 30.3 Å². The Morgan fingerprint density at radius 3 is 2.90 bits per heavy atom. The third-order valence-electron chi connectivity index (χ3n) is 3.36. The number of aliphatic hydroxyl groups excluding tert-OH is 1. The zero-order valence-electron chi connectivity index (χ0n) is 11.5. The van der Waals surface area contributed by atoms with Gasteiger partial charge in [0.2, 0.25) is 0 Å². The van der Waals surface area contributed by atoms with Crippen LogP contribution in [0.1, 0.15) is 18.4 Å². The number of hydrogen-bond acceptors (Lipinski definition) is 4. The van der Waals surface area contributed by atoms with Gasteiger partial charge in [0.1, 0.15) is 6.61 Å². The molecule has 1 fully saturated rings. The number of carbonyl (C=O) groups is 1. The lowest BCUT2D eigenvalue weighted by Crippen LogP contribution is -2.38. The van der Waals surface area contributed by atoms with Gasteiger partial charge in [0, 0.05) is 6.54 Å². The predicted octanol–water partition coefficient (Wildman–Crippen LogP) is 1.80. The van der Waals surface area contributed by atoms with E-state index < -0.39 is 0 Å². The minimum absolute atomic E-state index is 0.00513. The summed E-state index contributed by atoms with van der Waals surface area (Å²) in [6.07, 6.45) is 1.60. The van der Waals surface area contributed by atoms with Gasteiger partial charge in [-0.05, 0) is 18.4 Å². The minimum Gasteiger partial charge on any atom is -0.445 e. The molecule has 1 aromatic carbocycles. The van der Waals surface area contributed by atoms with Crippen LogP contribution >= 0.6 is 0 Å². The Morgan fingerprint density at radius 1 is 1.35 bits per heavy atom. The molecule has 0 aliphatic carbocycles. The van der Waals surface area contributed by atoms with E-state index in [-0.39, 0.29) is 18.7 Å². The van der Waals surface area contributed by atoms with E-state index in [4.69, 9.17) is 14.6 Å². The molecule has 1 heterocycles. The maximum Gasteiger partial charge on any atom is 0.410 e. The van der Waals surface area contributed by atoms with Crippen LogP contribution in [-0.2, 0) is 16.1 Å². The molecular weight excluding hydrogens is 258 g/mol. The maximum absolute atomic E-state index is 12.1. The van der Waals surface area contributed by atoms with Crippen LogP contribution in [0, 0.1) is 0 Å². The summed E-state index contributed by atoms with van der Waals surface area (Å²) in [5, 5.41) is 8.70. The zero-order valence-corrected chi connectivity index (χ0v) is 11.5. The monoisotopic (exact) mass is 279 g/mol. The van der Waals surface area contributed by atoms with E-state index in [1.54, 1.807) is 4.90 Å². The summed E-state index contributed by atoms with van der Waals surface area (Å²) < 4.78 is 10.6. The fourth-order valence-corrected chi connectivity index (χ4v) is 2.34. The van der Waals surface area contributed by atoms with Crippen LogP contribution < -0.4 is 0 Å². The summed E-state index contributed by atoms with van der Waals surface area (Å²) in [4.78, 5) is 13.8. The number of rotatable bonds is 6. The first-order chi connectivity index (χ1) is 9.81. The fourth-order valence-electron chi connectivity index (χ4n) is 2.34. The highest BCUT2D eigenvalue weighted by atomic mass is 16.6. The van der Waals surface area contributed by atoms with Gasteiger partial charge in [-0.15, -0.1) is 0 Å². The second-order valence-corrected chi connectivity index (χ2v) is 4.83. The van der Waals surface area contributed by atoms with E-state index >= 15 is 0 Å². The van der Waals surface area contributed by atoms with Gasteiger partial charge in [-0.25, -0.2) is 4.79 Å². The predicted molar refractivity (Wildman–Crippen MR) is 74.3 cm³/mol. The molecule has 5 heteroatoms. The van der Waals surface area contributed by atoms with Gasteiger partial charge in [0.25, 0.3) is 0 Å². The molecule has 1 saturated heterocycles. The Kier molecular flexibility index (Phi) is 5.83. The molecule has 1 N–H and O–H groups in total. The summed E-state index contributed by atoms with van der Waals surface area (Å²) >= 11 is 0. The molecule has 0 unspecified atom stereocenters. The minimum atomic E-state index is -0.288. The highest BCUT2D eigenvalue weighted by molar-refractivity contribution is 5.68. The Labute approximate surface area is 119 Å². The normalized spacial score (nSPS) is 18.2. The molecule has 5 nitrogen and oxygen atoms in total. The summed E-state index contributed by atoms with van der Waals surface area (Å²) in [7, 11) is 0. The number of likely N-dealkylation sites (tertiary alicyclic amines) is 1. The molecule has 0 radical (unpaired) electrons. The van der Waals surface area contributed by atoms with E-state index in [9.17, 15) is 4.79 Å². The molecule has 110 valence electrons. The van der Waals surface area contributed by atoms with Crippen molar-refractivity contribution < 1.29 is 19.4 Å². The van der Waals surface area contributed by atoms with E-state index in [0.717, 1.165) is 18.4 Å². The standard InChI is InChI=1S/C15H21NO4/c17-9-10-19-12-14-7-4-8-16(14)15(18)20-11-13-5-2-1-3-6-13/h1-3,5-6,14,17H,4,7-12H2/t14-/m1/s1. The quantitative estimate of drug-likeness (QED) is 0.807. The van der Waals surface area contributed by atoms with Crippen LogP contribution in [0.25, 0.3) is 0 Å². The Bertz CT molecular complexity index is 410. The lowest BCUT2D eigenvalue weighted by atomic mass is 10.2. The van der Waals surface area contributed by atoms with Gasteiger partial charge >= 0.3 is 6.09 Å². The smallest absolute Gasteiger partial charge is 0.410 e. The zero-order chi connectivity index (χ0) is 14.2. The van der Waals surface area contributed by atoms with Crippen molar-refractivity contribution in [2.75, 3.05) is 26.4 Å². The van der Waals surface area contributed by atoms with Crippen molar-refractivity contribution in [3.05, 3.63) is 35.9 Å². The third-order valence-corrected chi connectivity index (χ3v) is 3.36. The van der Waals surface area contributed by atoms with Gasteiger partial charge in [-0.1, -0.05) is 30.3 Å². The molecule has 0 aromatic heterocycles. The van der Waals surface area contributed by atoms with Crippen molar-refractivity contribution in [1.82, 2.24) is 4.90 Å². The number of nitrogens with zero attached hydrogens (tertiary/aromatic N) is 1. The van der Waals surface area contributed by atoms with Gasteiger partial charge in [-0.3, -0.25) is 0 Å². The molecule has 20 heavy (non-hydrogen) atoms. The van der Waals surface area contributed by atoms with Gasteiger partial charge in [-0.2, -0.15) is 0 Å². The molecule has 1 aliphatic rings. The molecule has 1 aliphatic heterocycles.